The Morgan fingerprint density at radius 3 is 2.58 bits per heavy atom. The summed E-state index contributed by atoms with van der Waals surface area (Å²) in [6.07, 6.45) is 0.383. The summed E-state index contributed by atoms with van der Waals surface area (Å²) in [6, 6.07) is 9.89. The van der Waals surface area contributed by atoms with Crippen LogP contribution in [0.4, 0.5) is 5.82 Å². The number of hydrogen-bond donors (Lipinski definition) is 1. The van der Waals surface area contributed by atoms with Crippen LogP contribution in [0.3, 0.4) is 0 Å². The van der Waals surface area contributed by atoms with E-state index in [1.807, 2.05) is 51.1 Å². The van der Waals surface area contributed by atoms with Crippen LogP contribution in [0.2, 0.25) is 0 Å². The van der Waals surface area contributed by atoms with Gasteiger partial charge in [-0.15, -0.1) is 0 Å². The van der Waals surface area contributed by atoms with Crippen molar-refractivity contribution in [1.29, 1.82) is 0 Å². The molecule has 0 aliphatic heterocycles. The maximum atomic E-state index is 12.0. The van der Waals surface area contributed by atoms with Crippen molar-refractivity contribution < 1.29 is 4.79 Å². The van der Waals surface area contributed by atoms with Gasteiger partial charge in [0.15, 0.2) is 0 Å². The molecule has 1 aromatic carbocycles. The number of nitrogens with zero attached hydrogens (tertiary/aromatic N) is 2. The van der Waals surface area contributed by atoms with E-state index in [0.29, 0.717) is 6.42 Å². The van der Waals surface area contributed by atoms with Gasteiger partial charge in [-0.3, -0.25) is 4.79 Å². The van der Waals surface area contributed by atoms with Gasteiger partial charge in [-0.25, -0.2) is 4.68 Å². The molecule has 0 radical (unpaired) electrons. The van der Waals surface area contributed by atoms with Crippen LogP contribution < -0.4 is 5.32 Å². The van der Waals surface area contributed by atoms with Gasteiger partial charge in [0.2, 0.25) is 5.91 Å². The minimum atomic E-state index is -0.0153. The molecule has 1 heterocycles. The fraction of sp³-hybridized carbons (Fsp3) is 0.333. The van der Waals surface area contributed by atoms with E-state index in [0.717, 1.165) is 23.6 Å². The van der Waals surface area contributed by atoms with Crippen molar-refractivity contribution in [3.63, 3.8) is 0 Å². The minimum absolute atomic E-state index is 0.0153. The molecule has 100 valence electrons. The van der Waals surface area contributed by atoms with Crippen LogP contribution in [-0.4, -0.2) is 15.7 Å². The number of carbonyl (C=O) groups excluding carboxylic acids is 1. The van der Waals surface area contributed by atoms with Crippen molar-refractivity contribution in [2.24, 2.45) is 0 Å². The lowest BCUT2D eigenvalue weighted by molar-refractivity contribution is -0.115. The lowest BCUT2D eigenvalue weighted by atomic mass is 10.1. The molecular formula is C15H19N3O. The second-order valence-corrected chi connectivity index (χ2v) is 4.70. The second-order valence-electron chi connectivity index (χ2n) is 4.70. The Bertz CT molecular complexity index is 570. The molecule has 0 aliphatic rings. The summed E-state index contributed by atoms with van der Waals surface area (Å²) in [5.74, 6) is 0.746. The van der Waals surface area contributed by atoms with Gasteiger partial charge in [-0.1, -0.05) is 29.8 Å². The molecule has 0 fully saturated rings. The van der Waals surface area contributed by atoms with Crippen LogP contribution in [0, 0.1) is 13.8 Å². The van der Waals surface area contributed by atoms with Crippen LogP contribution in [0.15, 0.2) is 30.3 Å². The highest BCUT2D eigenvalue weighted by Crippen LogP contribution is 2.11. The molecule has 2 rings (SSSR count). The number of benzene rings is 1. The fourth-order valence-electron chi connectivity index (χ4n) is 1.97. The maximum Gasteiger partial charge on any atom is 0.229 e. The number of aromatic nitrogens is 2. The van der Waals surface area contributed by atoms with E-state index in [2.05, 4.69) is 10.4 Å². The molecule has 1 amide bonds. The number of aryl methyl sites for hydroxylation is 3. The van der Waals surface area contributed by atoms with Crippen LogP contribution >= 0.6 is 0 Å². The number of carbonyl (C=O) groups is 1. The molecule has 0 saturated heterocycles. The molecule has 0 unspecified atom stereocenters. The Kier molecular flexibility index (Phi) is 4.00. The molecule has 0 atom stereocenters. The van der Waals surface area contributed by atoms with Crippen molar-refractivity contribution in [2.75, 3.05) is 5.32 Å². The maximum absolute atomic E-state index is 12.0. The van der Waals surface area contributed by atoms with Gasteiger partial charge in [0.05, 0.1) is 12.1 Å². The molecule has 0 bridgehead atoms. The van der Waals surface area contributed by atoms with Crippen LogP contribution in [0.5, 0.6) is 0 Å². The average molecular weight is 257 g/mol. The average Bonchev–Trinajstić information content (AvgIpc) is 2.72. The summed E-state index contributed by atoms with van der Waals surface area (Å²) in [7, 11) is 0. The Balaban J connectivity index is 2.03. The van der Waals surface area contributed by atoms with Crippen molar-refractivity contribution in [3.8, 4) is 0 Å². The predicted molar refractivity (Wildman–Crippen MR) is 76.2 cm³/mol. The summed E-state index contributed by atoms with van der Waals surface area (Å²) >= 11 is 0. The normalized spacial score (nSPS) is 10.5. The zero-order valence-electron chi connectivity index (χ0n) is 11.6. The first-order chi connectivity index (χ1) is 9.08. The van der Waals surface area contributed by atoms with Gasteiger partial charge in [0.1, 0.15) is 5.82 Å². The van der Waals surface area contributed by atoms with Gasteiger partial charge < -0.3 is 5.32 Å². The molecule has 0 spiro atoms. The SMILES string of the molecule is CCn1nc(C)cc1NC(=O)Cc1ccc(C)cc1. The lowest BCUT2D eigenvalue weighted by Gasteiger charge is -2.07. The third-order valence-electron chi connectivity index (χ3n) is 2.95. The number of nitrogens with one attached hydrogen (secondary N) is 1. The lowest BCUT2D eigenvalue weighted by Crippen LogP contribution is -2.17. The molecule has 4 heteroatoms. The monoisotopic (exact) mass is 257 g/mol. The van der Waals surface area contributed by atoms with Crippen LogP contribution in [0.25, 0.3) is 0 Å². The van der Waals surface area contributed by atoms with E-state index in [1.54, 1.807) is 4.68 Å². The molecule has 19 heavy (non-hydrogen) atoms. The van der Waals surface area contributed by atoms with Gasteiger partial charge in [0.25, 0.3) is 0 Å². The van der Waals surface area contributed by atoms with Gasteiger partial charge >= 0.3 is 0 Å². The Hall–Kier alpha value is -2.10. The summed E-state index contributed by atoms with van der Waals surface area (Å²) in [5.41, 5.74) is 3.12. The van der Waals surface area contributed by atoms with E-state index in [-0.39, 0.29) is 5.91 Å². The first-order valence-electron chi connectivity index (χ1n) is 6.48. The summed E-state index contributed by atoms with van der Waals surface area (Å²) in [4.78, 5) is 12.0. The fourth-order valence-corrected chi connectivity index (χ4v) is 1.97. The zero-order chi connectivity index (χ0) is 13.8. The number of hydrogen-bond acceptors (Lipinski definition) is 2. The minimum Gasteiger partial charge on any atom is -0.311 e. The van der Waals surface area contributed by atoms with E-state index in [4.69, 9.17) is 0 Å². The van der Waals surface area contributed by atoms with E-state index < -0.39 is 0 Å². The standard InChI is InChI=1S/C15H19N3O/c1-4-18-14(9-12(3)17-18)16-15(19)10-13-7-5-11(2)6-8-13/h5-9H,4,10H2,1-3H3,(H,16,19). The third kappa shape index (κ3) is 3.44. The Labute approximate surface area is 113 Å². The first-order valence-corrected chi connectivity index (χ1v) is 6.48. The highest BCUT2D eigenvalue weighted by Gasteiger charge is 2.08. The molecular weight excluding hydrogens is 238 g/mol. The largest absolute Gasteiger partial charge is 0.311 e. The van der Waals surface area contributed by atoms with Crippen LogP contribution in [0.1, 0.15) is 23.7 Å². The van der Waals surface area contributed by atoms with Gasteiger partial charge in [0, 0.05) is 12.6 Å². The van der Waals surface area contributed by atoms with Crippen molar-refractivity contribution in [3.05, 3.63) is 47.2 Å². The van der Waals surface area contributed by atoms with E-state index >= 15 is 0 Å². The summed E-state index contributed by atoms with van der Waals surface area (Å²) in [5, 5.41) is 7.21. The van der Waals surface area contributed by atoms with Crippen molar-refractivity contribution >= 4 is 11.7 Å². The second kappa shape index (κ2) is 5.69. The van der Waals surface area contributed by atoms with Gasteiger partial charge in [-0.05, 0) is 26.3 Å². The molecule has 4 nitrogen and oxygen atoms in total. The molecule has 1 N–H and O–H groups in total. The molecule has 0 saturated carbocycles. The smallest absolute Gasteiger partial charge is 0.229 e. The first kappa shape index (κ1) is 13.3. The number of anilines is 1. The highest BCUT2D eigenvalue weighted by molar-refractivity contribution is 5.91. The quantitative estimate of drug-likeness (QED) is 0.915. The highest BCUT2D eigenvalue weighted by atomic mass is 16.1. The number of amides is 1. The Morgan fingerprint density at radius 2 is 1.95 bits per heavy atom. The van der Waals surface area contributed by atoms with Crippen molar-refractivity contribution in [1.82, 2.24) is 9.78 Å². The topological polar surface area (TPSA) is 46.9 Å². The predicted octanol–water partition coefficient (Wildman–Crippen LogP) is 2.70. The van der Waals surface area contributed by atoms with E-state index in [1.165, 1.54) is 5.56 Å². The zero-order valence-corrected chi connectivity index (χ0v) is 11.6. The van der Waals surface area contributed by atoms with E-state index in [9.17, 15) is 4.79 Å². The summed E-state index contributed by atoms with van der Waals surface area (Å²) < 4.78 is 1.79. The third-order valence-corrected chi connectivity index (χ3v) is 2.95. The molecule has 1 aromatic heterocycles. The van der Waals surface area contributed by atoms with Crippen LogP contribution in [-0.2, 0) is 17.8 Å². The molecule has 2 aromatic rings. The number of rotatable bonds is 4. The Morgan fingerprint density at radius 1 is 1.26 bits per heavy atom. The van der Waals surface area contributed by atoms with Gasteiger partial charge in [-0.2, -0.15) is 5.10 Å². The summed E-state index contributed by atoms with van der Waals surface area (Å²) in [6.45, 7) is 6.70. The molecule has 0 aliphatic carbocycles. The van der Waals surface area contributed by atoms with Crippen molar-refractivity contribution in [2.45, 2.75) is 33.7 Å².